The first-order valence-corrected chi connectivity index (χ1v) is 9.24. The summed E-state index contributed by atoms with van der Waals surface area (Å²) >= 11 is 1.61. The third-order valence-electron chi connectivity index (χ3n) is 4.74. The minimum absolute atomic E-state index is 0.0188. The van der Waals surface area contributed by atoms with E-state index in [1.54, 1.807) is 28.8 Å². The molecule has 4 rings (SSSR count). The molecule has 0 fully saturated rings. The van der Waals surface area contributed by atoms with Gasteiger partial charge in [0.2, 0.25) is 5.91 Å². The molecule has 0 saturated carbocycles. The number of carbonyl (C=O) groups is 1. The molecular formula is C18H19N5OS. The maximum Gasteiger partial charge on any atom is 0.229 e. The Kier molecular flexibility index (Phi) is 4.31. The van der Waals surface area contributed by atoms with E-state index < -0.39 is 0 Å². The van der Waals surface area contributed by atoms with E-state index in [-0.39, 0.29) is 11.8 Å². The Morgan fingerprint density at radius 2 is 2.12 bits per heavy atom. The summed E-state index contributed by atoms with van der Waals surface area (Å²) in [7, 11) is 1.85. The third-order valence-corrected chi connectivity index (χ3v) is 5.57. The molecule has 0 radical (unpaired) electrons. The van der Waals surface area contributed by atoms with E-state index in [1.165, 1.54) is 0 Å². The minimum atomic E-state index is 0.0188. The van der Waals surface area contributed by atoms with Gasteiger partial charge in [0.1, 0.15) is 17.2 Å². The molecular weight excluding hydrogens is 334 g/mol. The highest BCUT2D eigenvalue weighted by atomic mass is 32.1. The van der Waals surface area contributed by atoms with Gasteiger partial charge in [-0.25, -0.2) is 4.98 Å². The molecule has 0 saturated heterocycles. The normalized spacial score (nSPS) is 16.9. The van der Waals surface area contributed by atoms with Crippen LogP contribution in [0.3, 0.4) is 0 Å². The number of aryl methyl sites for hydroxylation is 2. The fourth-order valence-electron chi connectivity index (χ4n) is 3.24. The van der Waals surface area contributed by atoms with Gasteiger partial charge in [0.15, 0.2) is 0 Å². The number of hydrogen-bond donors (Lipinski definition) is 0. The average molecular weight is 353 g/mol. The van der Waals surface area contributed by atoms with Gasteiger partial charge in [0, 0.05) is 48.8 Å². The standard InChI is InChI=1S/C18H19N5OS/c1-22(15-5-2-13(3-6-15)17-19-9-11-25-17)18(24)14-4-7-16-21-20-12-23(16)10-8-14/h2-3,5-6,9,11-12,14H,4,7-8,10H2,1H3. The van der Waals surface area contributed by atoms with Crippen molar-refractivity contribution >= 4 is 22.9 Å². The van der Waals surface area contributed by atoms with E-state index in [4.69, 9.17) is 0 Å². The largest absolute Gasteiger partial charge is 0.318 e. The summed E-state index contributed by atoms with van der Waals surface area (Å²) in [6.45, 7) is 0.801. The summed E-state index contributed by atoms with van der Waals surface area (Å²) < 4.78 is 2.05. The molecule has 0 bridgehead atoms. The van der Waals surface area contributed by atoms with Crippen LogP contribution in [0.2, 0.25) is 0 Å². The highest BCUT2D eigenvalue weighted by Gasteiger charge is 2.26. The molecule has 0 aliphatic carbocycles. The average Bonchev–Trinajstić information content (AvgIpc) is 3.30. The molecule has 1 aliphatic rings. The van der Waals surface area contributed by atoms with Crippen LogP contribution in [-0.4, -0.2) is 32.7 Å². The molecule has 25 heavy (non-hydrogen) atoms. The van der Waals surface area contributed by atoms with Gasteiger partial charge in [0.25, 0.3) is 0 Å². The Morgan fingerprint density at radius 3 is 2.88 bits per heavy atom. The smallest absolute Gasteiger partial charge is 0.229 e. The highest BCUT2D eigenvalue weighted by molar-refractivity contribution is 7.13. The summed E-state index contributed by atoms with van der Waals surface area (Å²) in [5.74, 6) is 1.16. The highest BCUT2D eigenvalue weighted by Crippen LogP contribution is 2.27. The van der Waals surface area contributed by atoms with Crippen LogP contribution in [0.25, 0.3) is 10.6 Å². The van der Waals surface area contributed by atoms with Crippen molar-refractivity contribution in [1.82, 2.24) is 19.7 Å². The number of thiazole rings is 1. The van der Waals surface area contributed by atoms with Gasteiger partial charge in [-0.15, -0.1) is 21.5 Å². The molecule has 1 aliphatic heterocycles. The van der Waals surface area contributed by atoms with Crippen molar-refractivity contribution in [2.75, 3.05) is 11.9 Å². The molecule has 3 aromatic rings. The van der Waals surface area contributed by atoms with Gasteiger partial charge in [0.05, 0.1) is 0 Å². The van der Waals surface area contributed by atoms with Crippen molar-refractivity contribution in [2.24, 2.45) is 5.92 Å². The van der Waals surface area contributed by atoms with Gasteiger partial charge < -0.3 is 9.47 Å². The second-order valence-corrected chi connectivity index (χ2v) is 7.14. The number of rotatable bonds is 3. The van der Waals surface area contributed by atoms with Crippen LogP contribution in [0, 0.1) is 5.92 Å². The number of nitrogens with zero attached hydrogens (tertiary/aromatic N) is 5. The fourth-order valence-corrected chi connectivity index (χ4v) is 3.89. The summed E-state index contributed by atoms with van der Waals surface area (Å²) in [4.78, 5) is 19.0. The van der Waals surface area contributed by atoms with Gasteiger partial charge in [-0.2, -0.15) is 0 Å². The summed E-state index contributed by atoms with van der Waals surface area (Å²) in [5.41, 5.74) is 1.99. The van der Waals surface area contributed by atoms with Crippen LogP contribution in [0.4, 0.5) is 5.69 Å². The van der Waals surface area contributed by atoms with Crippen LogP contribution in [0.1, 0.15) is 18.7 Å². The monoisotopic (exact) mass is 353 g/mol. The van der Waals surface area contributed by atoms with Crippen molar-refractivity contribution in [2.45, 2.75) is 25.8 Å². The first-order chi connectivity index (χ1) is 12.2. The first kappa shape index (κ1) is 16.0. The zero-order valence-electron chi connectivity index (χ0n) is 14.0. The summed E-state index contributed by atoms with van der Waals surface area (Å²) in [6.07, 6.45) is 6.00. The summed E-state index contributed by atoms with van der Waals surface area (Å²) in [5, 5.41) is 11.0. The molecule has 3 heterocycles. The van der Waals surface area contributed by atoms with E-state index in [9.17, 15) is 4.79 Å². The van der Waals surface area contributed by atoms with Gasteiger partial charge >= 0.3 is 0 Å². The first-order valence-electron chi connectivity index (χ1n) is 8.36. The van der Waals surface area contributed by atoms with E-state index in [0.717, 1.165) is 47.9 Å². The fraction of sp³-hybridized carbons (Fsp3) is 0.333. The molecule has 1 atom stereocenters. The van der Waals surface area contributed by atoms with Crippen molar-refractivity contribution in [3.05, 3.63) is 48.0 Å². The molecule has 128 valence electrons. The Hall–Kier alpha value is -2.54. The quantitative estimate of drug-likeness (QED) is 0.726. The maximum atomic E-state index is 12.9. The number of anilines is 1. The van der Waals surface area contributed by atoms with Crippen LogP contribution in [0.15, 0.2) is 42.2 Å². The van der Waals surface area contributed by atoms with Crippen molar-refractivity contribution < 1.29 is 4.79 Å². The lowest BCUT2D eigenvalue weighted by molar-refractivity contribution is -0.122. The molecule has 1 amide bonds. The predicted molar refractivity (Wildman–Crippen MR) is 97.4 cm³/mol. The maximum absolute atomic E-state index is 12.9. The van der Waals surface area contributed by atoms with E-state index in [1.807, 2.05) is 36.7 Å². The van der Waals surface area contributed by atoms with Gasteiger partial charge in [-0.1, -0.05) is 0 Å². The van der Waals surface area contributed by atoms with Crippen LogP contribution < -0.4 is 4.90 Å². The molecule has 1 unspecified atom stereocenters. The molecule has 2 aromatic heterocycles. The molecule has 1 aromatic carbocycles. The Labute approximate surface area is 150 Å². The summed E-state index contributed by atoms with van der Waals surface area (Å²) in [6, 6.07) is 8.01. The van der Waals surface area contributed by atoms with Gasteiger partial charge in [-0.3, -0.25) is 4.79 Å². The number of carbonyl (C=O) groups excluding carboxylic acids is 1. The van der Waals surface area contributed by atoms with Crippen molar-refractivity contribution in [1.29, 1.82) is 0 Å². The lowest BCUT2D eigenvalue weighted by Crippen LogP contribution is -2.33. The SMILES string of the molecule is CN(C(=O)C1CCc2nncn2CC1)c1ccc(-c2nccs2)cc1. The Morgan fingerprint density at radius 1 is 1.28 bits per heavy atom. The van der Waals surface area contributed by atoms with Crippen LogP contribution in [0.5, 0.6) is 0 Å². The zero-order valence-corrected chi connectivity index (χ0v) is 14.8. The second-order valence-electron chi connectivity index (χ2n) is 6.25. The van der Waals surface area contributed by atoms with Crippen LogP contribution in [-0.2, 0) is 17.8 Å². The van der Waals surface area contributed by atoms with Crippen molar-refractivity contribution in [3.63, 3.8) is 0 Å². The predicted octanol–water partition coefficient (Wildman–Crippen LogP) is 3.02. The number of aromatic nitrogens is 4. The Bertz CT molecular complexity index is 833. The minimum Gasteiger partial charge on any atom is -0.318 e. The second kappa shape index (κ2) is 6.76. The third kappa shape index (κ3) is 3.19. The van der Waals surface area contributed by atoms with E-state index in [0.29, 0.717) is 0 Å². The number of fused-ring (bicyclic) bond motifs is 1. The Balaban J connectivity index is 1.46. The molecule has 0 N–H and O–H groups in total. The number of amides is 1. The molecule has 6 nitrogen and oxygen atoms in total. The topological polar surface area (TPSA) is 63.9 Å². The lowest BCUT2D eigenvalue weighted by Gasteiger charge is -2.23. The van der Waals surface area contributed by atoms with E-state index >= 15 is 0 Å². The zero-order chi connectivity index (χ0) is 17.2. The van der Waals surface area contributed by atoms with Crippen molar-refractivity contribution in [3.8, 4) is 10.6 Å². The van der Waals surface area contributed by atoms with Crippen LogP contribution >= 0.6 is 11.3 Å². The molecule has 0 spiro atoms. The van der Waals surface area contributed by atoms with E-state index in [2.05, 4.69) is 19.7 Å². The lowest BCUT2D eigenvalue weighted by atomic mass is 9.98. The molecule has 7 heteroatoms. The number of benzene rings is 1. The van der Waals surface area contributed by atoms with Gasteiger partial charge in [-0.05, 0) is 37.1 Å². The number of hydrogen-bond acceptors (Lipinski definition) is 5.